The van der Waals surface area contributed by atoms with Gasteiger partial charge in [-0.1, -0.05) is 12.1 Å². The Hall–Kier alpha value is -1.84. The zero-order valence-electron chi connectivity index (χ0n) is 15.0. The minimum absolute atomic E-state index is 0.163. The number of nitriles is 1. The molecule has 1 heterocycles. The third-order valence-electron chi connectivity index (χ3n) is 4.76. The molecule has 128 valence electrons. The van der Waals surface area contributed by atoms with E-state index < -0.39 is 18.3 Å². The molecular formula is C18H24BNO4. The van der Waals surface area contributed by atoms with Gasteiger partial charge in [-0.3, -0.25) is 4.79 Å². The predicted molar refractivity (Wildman–Crippen MR) is 91.2 cm³/mol. The number of esters is 1. The normalized spacial score (nSPS) is 19.6. The average Bonchev–Trinajstić information content (AvgIpc) is 2.73. The van der Waals surface area contributed by atoms with E-state index in [4.69, 9.17) is 19.3 Å². The molecule has 1 aliphatic heterocycles. The molecule has 5 nitrogen and oxygen atoms in total. The van der Waals surface area contributed by atoms with Crippen molar-refractivity contribution in [2.75, 3.05) is 6.61 Å². The Kier molecular flexibility index (Phi) is 5.37. The first kappa shape index (κ1) is 18.5. The maximum atomic E-state index is 12.0. The fraction of sp³-hybridized carbons (Fsp3) is 0.556. The van der Waals surface area contributed by atoms with Gasteiger partial charge in [0.25, 0.3) is 0 Å². The molecule has 1 aliphatic rings. The summed E-state index contributed by atoms with van der Waals surface area (Å²) in [6.45, 7) is 10.0. The number of nitrogens with zero attached hydrogens (tertiary/aromatic N) is 1. The van der Waals surface area contributed by atoms with Crippen LogP contribution in [0.3, 0.4) is 0 Å². The molecule has 0 N–H and O–H groups in total. The van der Waals surface area contributed by atoms with Gasteiger partial charge < -0.3 is 14.0 Å². The summed E-state index contributed by atoms with van der Waals surface area (Å²) in [7, 11) is -0.549. The fourth-order valence-electron chi connectivity index (χ4n) is 2.63. The number of ether oxygens (including phenoxy) is 1. The lowest BCUT2D eigenvalue weighted by molar-refractivity contribution is -0.143. The molecule has 0 aliphatic carbocycles. The van der Waals surface area contributed by atoms with Crippen molar-refractivity contribution >= 4 is 13.1 Å². The number of carbonyl (C=O) groups is 1. The SMILES string of the molecule is CCOC(=O)CC(B1OC(C)(C)C(C)(C)O1)c1ccc(C#N)cc1. The second kappa shape index (κ2) is 6.96. The molecule has 0 aromatic heterocycles. The minimum atomic E-state index is -0.549. The molecular weight excluding hydrogens is 305 g/mol. The van der Waals surface area contributed by atoms with Gasteiger partial charge in [-0.15, -0.1) is 0 Å². The molecule has 0 spiro atoms. The van der Waals surface area contributed by atoms with Gasteiger partial charge >= 0.3 is 13.1 Å². The van der Waals surface area contributed by atoms with E-state index in [2.05, 4.69) is 6.07 Å². The Labute approximate surface area is 144 Å². The largest absolute Gasteiger partial charge is 0.466 e. The molecule has 0 bridgehead atoms. The first-order chi connectivity index (χ1) is 11.2. The van der Waals surface area contributed by atoms with Crippen LogP contribution in [0.2, 0.25) is 0 Å². The van der Waals surface area contributed by atoms with Crippen molar-refractivity contribution in [1.29, 1.82) is 5.26 Å². The summed E-state index contributed by atoms with van der Waals surface area (Å²) in [5.74, 6) is -0.584. The van der Waals surface area contributed by atoms with E-state index in [1.54, 1.807) is 19.1 Å². The van der Waals surface area contributed by atoms with Gasteiger partial charge in [0.1, 0.15) is 0 Å². The van der Waals surface area contributed by atoms with Crippen molar-refractivity contribution in [1.82, 2.24) is 0 Å². The third-order valence-corrected chi connectivity index (χ3v) is 4.76. The molecule has 0 saturated carbocycles. The Morgan fingerprint density at radius 1 is 1.21 bits per heavy atom. The average molecular weight is 329 g/mol. The van der Waals surface area contributed by atoms with E-state index in [1.807, 2.05) is 39.8 Å². The smallest absolute Gasteiger partial charge is 0.466 e. The Morgan fingerprint density at radius 3 is 2.21 bits per heavy atom. The van der Waals surface area contributed by atoms with E-state index in [0.717, 1.165) is 5.56 Å². The molecule has 1 aromatic carbocycles. The van der Waals surface area contributed by atoms with Gasteiger partial charge in [0.15, 0.2) is 0 Å². The van der Waals surface area contributed by atoms with Gasteiger partial charge in [0, 0.05) is 5.82 Å². The monoisotopic (exact) mass is 329 g/mol. The summed E-state index contributed by atoms with van der Waals surface area (Å²) >= 11 is 0. The van der Waals surface area contributed by atoms with Crippen molar-refractivity contribution in [2.45, 2.75) is 58.1 Å². The lowest BCUT2D eigenvalue weighted by Crippen LogP contribution is -2.41. The Balaban J connectivity index is 2.29. The summed E-state index contributed by atoms with van der Waals surface area (Å²) in [4.78, 5) is 12.0. The number of hydrogen-bond acceptors (Lipinski definition) is 5. The molecule has 1 fully saturated rings. The number of rotatable bonds is 5. The number of carbonyl (C=O) groups excluding carboxylic acids is 1. The molecule has 2 rings (SSSR count). The van der Waals surface area contributed by atoms with Crippen molar-refractivity contribution in [3.05, 3.63) is 35.4 Å². The predicted octanol–water partition coefficient (Wildman–Crippen LogP) is 3.23. The molecule has 0 radical (unpaired) electrons. The van der Waals surface area contributed by atoms with Crippen LogP contribution in [-0.2, 0) is 18.8 Å². The summed E-state index contributed by atoms with van der Waals surface area (Å²) in [5.41, 5.74) is 0.511. The number of hydrogen-bond donors (Lipinski definition) is 0. The zero-order chi connectivity index (χ0) is 18.0. The first-order valence-corrected chi connectivity index (χ1v) is 8.21. The van der Waals surface area contributed by atoms with Gasteiger partial charge in [0.05, 0.1) is 35.9 Å². The molecule has 1 aromatic rings. The maximum absolute atomic E-state index is 12.0. The molecule has 0 amide bonds. The van der Waals surface area contributed by atoms with Crippen molar-refractivity contribution in [3.63, 3.8) is 0 Å². The Morgan fingerprint density at radius 2 is 1.75 bits per heavy atom. The second-order valence-corrected chi connectivity index (χ2v) is 6.97. The highest BCUT2D eigenvalue weighted by Gasteiger charge is 2.54. The van der Waals surface area contributed by atoms with Crippen LogP contribution >= 0.6 is 0 Å². The maximum Gasteiger partial charge on any atom is 0.466 e. The highest BCUT2D eigenvalue weighted by Crippen LogP contribution is 2.41. The van der Waals surface area contributed by atoms with Crippen molar-refractivity contribution in [2.24, 2.45) is 0 Å². The Bertz CT molecular complexity index is 617. The van der Waals surface area contributed by atoms with Crippen LogP contribution in [0.4, 0.5) is 0 Å². The van der Waals surface area contributed by atoms with Gasteiger partial charge in [0.2, 0.25) is 0 Å². The summed E-state index contributed by atoms with van der Waals surface area (Å²) in [6, 6.07) is 9.25. The van der Waals surface area contributed by atoms with Gasteiger partial charge in [-0.05, 0) is 52.3 Å². The highest BCUT2D eigenvalue weighted by atomic mass is 16.7. The molecule has 1 saturated heterocycles. The summed E-state index contributed by atoms with van der Waals surface area (Å²) < 4.78 is 17.3. The fourth-order valence-corrected chi connectivity index (χ4v) is 2.63. The van der Waals surface area contributed by atoms with Crippen LogP contribution in [0, 0.1) is 11.3 Å². The summed E-state index contributed by atoms with van der Waals surface area (Å²) in [5, 5.41) is 8.96. The third kappa shape index (κ3) is 3.80. The van der Waals surface area contributed by atoms with Crippen LogP contribution in [-0.4, -0.2) is 30.9 Å². The van der Waals surface area contributed by atoms with Crippen LogP contribution in [0.25, 0.3) is 0 Å². The van der Waals surface area contributed by atoms with Crippen LogP contribution in [0.1, 0.15) is 58.0 Å². The van der Waals surface area contributed by atoms with Gasteiger partial charge in [-0.2, -0.15) is 5.26 Å². The zero-order valence-corrected chi connectivity index (χ0v) is 15.0. The van der Waals surface area contributed by atoms with E-state index in [1.165, 1.54) is 0 Å². The van der Waals surface area contributed by atoms with Crippen LogP contribution in [0.15, 0.2) is 24.3 Å². The molecule has 1 unspecified atom stereocenters. The van der Waals surface area contributed by atoms with E-state index in [0.29, 0.717) is 12.2 Å². The van der Waals surface area contributed by atoms with E-state index >= 15 is 0 Å². The van der Waals surface area contributed by atoms with Crippen LogP contribution in [0.5, 0.6) is 0 Å². The first-order valence-electron chi connectivity index (χ1n) is 8.21. The molecule has 24 heavy (non-hydrogen) atoms. The minimum Gasteiger partial charge on any atom is -0.466 e. The summed E-state index contributed by atoms with van der Waals surface area (Å²) in [6.07, 6.45) is 0.163. The molecule has 6 heteroatoms. The quantitative estimate of drug-likeness (QED) is 0.613. The van der Waals surface area contributed by atoms with E-state index in [-0.39, 0.29) is 18.2 Å². The topological polar surface area (TPSA) is 68.6 Å². The second-order valence-electron chi connectivity index (χ2n) is 6.97. The van der Waals surface area contributed by atoms with Crippen molar-refractivity contribution in [3.8, 4) is 6.07 Å². The standard InChI is InChI=1S/C18H24BNO4/c1-6-22-16(21)11-15(14-9-7-13(12-20)8-10-14)19-23-17(2,3)18(4,5)24-19/h7-10,15H,6,11H2,1-5H3. The van der Waals surface area contributed by atoms with E-state index in [9.17, 15) is 4.79 Å². The lowest BCUT2D eigenvalue weighted by Gasteiger charge is -2.32. The lowest BCUT2D eigenvalue weighted by atomic mass is 9.66. The number of benzene rings is 1. The van der Waals surface area contributed by atoms with Crippen molar-refractivity contribution < 1.29 is 18.8 Å². The van der Waals surface area contributed by atoms with Gasteiger partial charge in [-0.25, -0.2) is 0 Å². The highest BCUT2D eigenvalue weighted by molar-refractivity contribution is 6.48. The molecule has 1 atom stereocenters. The van der Waals surface area contributed by atoms with Crippen LogP contribution < -0.4 is 0 Å².